The first kappa shape index (κ1) is 12.4. The fourth-order valence-corrected chi connectivity index (χ4v) is 2.10. The lowest BCUT2D eigenvalue weighted by molar-refractivity contribution is 0.912. The van der Waals surface area contributed by atoms with Gasteiger partial charge in [-0.2, -0.15) is 24.8 Å². The summed E-state index contributed by atoms with van der Waals surface area (Å²) in [6.45, 7) is 0. The topological polar surface area (TPSA) is 70.1 Å². The van der Waals surface area contributed by atoms with E-state index in [1.54, 1.807) is 22.7 Å². The molecule has 0 aliphatic carbocycles. The van der Waals surface area contributed by atoms with Crippen molar-refractivity contribution >= 4 is 28.9 Å². The molecule has 0 N–H and O–H groups in total. The largest absolute Gasteiger partial charge is 0.329 e. The number of rotatable bonds is 2. The third-order valence-electron chi connectivity index (χ3n) is 2.91. The maximum absolute atomic E-state index is 8.97. The number of halogens is 1. The number of benzene rings is 1. The van der Waals surface area contributed by atoms with E-state index in [1.165, 1.54) is 6.33 Å². The molecule has 20 heavy (non-hydrogen) atoms. The minimum absolute atomic E-state index is 0.337. The van der Waals surface area contributed by atoms with Gasteiger partial charge in [-0.1, -0.05) is 17.7 Å². The van der Waals surface area contributed by atoms with Crippen molar-refractivity contribution in [1.29, 1.82) is 5.26 Å². The number of nitriles is 1. The minimum Gasteiger partial charge on any atom is -0.329 e. The van der Waals surface area contributed by atoms with Crippen molar-refractivity contribution in [2.24, 2.45) is 0 Å². The molecule has 2 aromatic heterocycles. The molecule has 0 unspecified atom stereocenters. The van der Waals surface area contributed by atoms with E-state index in [9.17, 15) is 0 Å². The Morgan fingerprint density at radius 3 is 3.00 bits per heavy atom. The van der Waals surface area contributed by atoms with Crippen LogP contribution in [0.4, 0.5) is 11.5 Å². The molecule has 0 spiro atoms. The predicted octanol–water partition coefficient (Wildman–Crippen LogP) is 2.42. The minimum atomic E-state index is 0.337. The van der Waals surface area contributed by atoms with Crippen LogP contribution in [-0.2, 0) is 0 Å². The lowest BCUT2D eigenvalue weighted by atomic mass is 10.2. The van der Waals surface area contributed by atoms with Crippen molar-refractivity contribution in [3.63, 3.8) is 0 Å². The van der Waals surface area contributed by atoms with Crippen molar-refractivity contribution in [2.45, 2.75) is 0 Å². The molecule has 6 nitrogen and oxygen atoms in total. The van der Waals surface area contributed by atoms with Gasteiger partial charge in [-0.25, -0.2) is 0 Å². The molecule has 7 heteroatoms. The standard InChI is InChI=1S/C13H9ClN6/c1-19(10-4-2-3-9(5-10)7-15)12-6-11(14)18-13-16-8-17-20(12)13/h2-6,8H,1H3. The molecule has 0 saturated carbocycles. The molecule has 0 saturated heterocycles. The second-order valence-corrected chi connectivity index (χ2v) is 4.52. The third kappa shape index (κ3) is 2.04. The summed E-state index contributed by atoms with van der Waals surface area (Å²) in [6.07, 6.45) is 1.42. The van der Waals surface area contributed by atoms with E-state index in [-0.39, 0.29) is 0 Å². The molecule has 0 aliphatic heterocycles. The summed E-state index contributed by atoms with van der Waals surface area (Å²) in [4.78, 5) is 9.98. The van der Waals surface area contributed by atoms with E-state index in [2.05, 4.69) is 21.1 Å². The molecule has 3 aromatic rings. The van der Waals surface area contributed by atoms with Gasteiger partial charge in [0.1, 0.15) is 17.3 Å². The van der Waals surface area contributed by atoms with Gasteiger partial charge >= 0.3 is 0 Å². The number of fused-ring (bicyclic) bond motifs is 1. The molecule has 1 aromatic carbocycles. The predicted molar refractivity (Wildman–Crippen MR) is 75.0 cm³/mol. The summed E-state index contributed by atoms with van der Waals surface area (Å²) in [6, 6.07) is 11.1. The Hall–Kier alpha value is -2.65. The van der Waals surface area contributed by atoms with E-state index in [0.29, 0.717) is 22.3 Å². The molecule has 0 atom stereocenters. The van der Waals surface area contributed by atoms with Gasteiger partial charge in [-0.15, -0.1) is 0 Å². The zero-order valence-corrected chi connectivity index (χ0v) is 11.3. The maximum atomic E-state index is 8.97. The molecule has 0 aliphatic rings. The second-order valence-electron chi connectivity index (χ2n) is 4.13. The molecular weight excluding hydrogens is 276 g/mol. The van der Waals surface area contributed by atoms with E-state index >= 15 is 0 Å². The highest BCUT2D eigenvalue weighted by atomic mass is 35.5. The van der Waals surface area contributed by atoms with Crippen molar-refractivity contribution in [2.75, 3.05) is 11.9 Å². The molecule has 3 rings (SSSR count). The maximum Gasteiger partial charge on any atom is 0.255 e. The monoisotopic (exact) mass is 284 g/mol. The second kappa shape index (κ2) is 4.79. The third-order valence-corrected chi connectivity index (χ3v) is 3.10. The quantitative estimate of drug-likeness (QED) is 0.676. The Labute approximate surface area is 119 Å². The van der Waals surface area contributed by atoms with Gasteiger partial charge in [0, 0.05) is 18.8 Å². The van der Waals surface area contributed by atoms with Gasteiger partial charge in [0.25, 0.3) is 5.78 Å². The van der Waals surface area contributed by atoms with Gasteiger partial charge in [0.15, 0.2) is 0 Å². The molecular formula is C13H9ClN6. The Morgan fingerprint density at radius 2 is 2.20 bits per heavy atom. The summed E-state index contributed by atoms with van der Waals surface area (Å²) in [5.41, 5.74) is 1.44. The molecule has 0 bridgehead atoms. The first-order chi connectivity index (χ1) is 9.69. The lowest BCUT2D eigenvalue weighted by Gasteiger charge is -2.20. The summed E-state index contributed by atoms with van der Waals surface area (Å²) < 4.78 is 1.59. The van der Waals surface area contributed by atoms with Crippen LogP contribution in [-0.4, -0.2) is 26.6 Å². The fraction of sp³-hybridized carbons (Fsp3) is 0.0769. The number of aromatic nitrogens is 4. The van der Waals surface area contributed by atoms with E-state index < -0.39 is 0 Å². The molecule has 0 fully saturated rings. The van der Waals surface area contributed by atoms with Crippen molar-refractivity contribution < 1.29 is 0 Å². The van der Waals surface area contributed by atoms with Gasteiger partial charge in [0.2, 0.25) is 0 Å². The average molecular weight is 285 g/mol. The summed E-state index contributed by atoms with van der Waals surface area (Å²) in [5.74, 6) is 1.14. The highest BCUT2D eigenvalue weighted by Gasteiger charge is 2.12. The molecule has 98 valence electrons. The van der Waals surface area contributed by atoms with Gasteiger partial charge in [-0.05, 0) is 18.2 Å². The summed E-state index contributed by atoms with van der Waals surface area (Å²) in [5, 5.41) is 13.4. The van der Waals surface area contributed by atoms with Crippen molar-refractivity contribution in [3.05, 3.63) is 47.4 Å². The Balaban J connectivity index is 2.14. The van der Waals surface area contributed by atoms with Crippen LogP contribution in [0.1, 0.15) is 5.56 Å². The van der Waals surface area contributed by atoms with Crippen LogP contribution in [0.3, 0.4) is 0 Å². The normalized spacial score (nSPS) is 10.4. The van der Waals surface area contributed by atoms with Crippen LogP contribution in [0.15, 0.2) is 36.7 Å². The molecule has 2 heterocycles. The Bertz CT molecular complexity index is 819. The molecule has 0 amide bonds. The first-order valence-electron chi connectivity index (χ1n) is 5.79. The highest BCUT2D eigenvalue weighted by Crippen LogP contribution is 2.25. The van der Waals surface area contributed by atoms with Crippen LogP contribution in [0.5, 0.6) is 0 Å². The van der Waals surface area contributed by atoms with Crippen LogP contribution in [0, 0.1) is 11.3 Å². The van der Waals surface area contributed by atoms with Crippen LogP contribution < -0.4 is 4.90 Å². The van der Waals surface area contributed by atoms with Crippen molar-refractivity contribution in [3.8, 4) is 6.07 Å². The first-order valence-corrected chi connectivity index (χ1v) is 6.17. The van der Waals surface area contributed by atoms with Gasteiger partial charge in [-0.3, -0.25) is 0 Å². The van der Waals surface area contributed by atoms with Crippen LogP contribution >= 0.6 is 11.6 Å². The summed E-state index contributed by atoms with van der Waals surface area (Å²) >= 11 is 6.00. The smallest absolute Gasteiger partial charge is 0.255 e. The Kier molecular flexibility index (Phi) is 2.97. The SMILES string of the molecule is CN(c1cccc(C#N)c1)c1cc(Cl)nc2ncnn12. The van der Waals surface area contributed by atoms with Crippen molar-refractivity contribution in [1.82, 2.24) is 19.6 Å². The van der Waals surface area contributed by atoms with Crippen LogP contribution in [0.25, 0.3) is 5.78 Å². The number of hydrogen-bond donors (Lipinski definition) is 0. The van der Waals surface area contributed by atoms with E-state index in [4.69, 9.17) is 16.9 Å². The number of nitrogens with zero attached hydrogens (tertiary/aromatic N) is 6. The molecule has 0 radical (unpaired) electrons. The highest BCUT2D eigenvalue weighted by molar-refractivity contribution is 6.29. The van der Waals surface area contributed by atoms with Crippen LogP contribution in [0.2, 0.25) is 5.15 Å². The van der Waals surface area contributed by atoms with E-state index in [0.717, 1.165) is 5.69 Å². The average Bonchev–Trinajstić information content (AvgIpc) is 2.93. The van der Waals surface area contributed by atoms with E-state index in [1.807, 2.05) is 24.1 Å². The number of hydrogen-bond acceptors (Lipinski definition) is 5. The number of anilines is 2. The zero-order chi connectivity index (χ0) is 14.1. The zero-order valence-electron chi connectivity index (χ0n) is 10.5. The Morgan fingerprint density at radius 1 is 1.35 bits per heavy atom. The van der Waals surface area contributed by atoms with Gasteiger partial charge < -0.3 is 4.90 Å². The van der Waals surface area contributed by atoms with Gasteiger partial charge in [0.05, 0.1) is 11.6 Å². The fourth-order valence-electron chi connectivity index (χ4n) is 1.92. The summed E-state index contributed by atoms with van der Waals surface area (Å²) in [7, 11) is 1.86. The lowest BCUT2D eigenvalue weighted by Crippen LogP contribution is -2.14.